The van der Waals surface area contributed by atoms with Crippen LogP contribution in [0.15, 0.2) is 0 Å². The molecule has 0 radical (unpaired) electrons. The first-order chi connectivity index (χ1) is 11.6. The molecule has 0 spiro atoms. The Morgan fingerprint density at radius 2 is 1.00 bits per heavy atom. The molecular weight excluding hydrogens is 356 g/mol. The van der Waals surface area contributed by atoms with Crippen LogP contribution in [0, 0.1) is 10.8 Å². The van der Waals surface area contributed by atoms with Crippen molar-refractivity contribution in [3.05, 3.63) is 0 Å². The number of hydrogen-bond acceptors (Lipinski definition) is 4. The van der Waals surface area contributed by atoms with Crippen LogP contribution < -0.4 is 0 Å². The van der Waals surface area contributed by atoms with E-state index in [1.54, 1.807) is 0 Å². The molecule has 0 fully saturated rings. The summed E-state index contributed by atoms with van der Waals surface area (Å²) in [7, 11) is 0. The molecule has 0 aromatic carbocycles. The molecule has 0 N–H and O–H groups in total. The molecule has 0 amide bonds. The summed E-state index contributed by atoms with van der Waals surface area (Å²) in [5.41, 5.74) is -0.0177. The van der Waals surface area contributed by atoms with Crippen LogP contribution >= 0.6 is 0 Å². The highest BCUT2D eigenvalue weighted by molar-refractivity contribution is 7.92. The third-order valence-corrected chi connectivity index (χ3v) is 7.44. The van der Waals surface area contributed by atoms with Crippen molar-refractivity contribution in [1.29, 1.82) is 0 Å². The lowest BCUT2D eigenvalue weighted by Gasteiger charge is -2.22. The maximum absolute atomic E-state index is 12.0. The average molecular weight is 393 g/mol. The van der Waals surface area contributed by atoms with E-state index in [4.69, 9.17) is 0 Å². The van der Waals surface area contributed by atoms with Crippen LogP contribution in [0.4, 0.5) is 0 Å². The van der Waals surface area contributed by atoms with Gasteiger partial charge in [0.1, 0.15) is 35.6 Å². The van der Waals surface area contributed by atoms with Gasteiger partial charge in [0.2, 0.25) is 0 Å². The molecular formula is C19H36O4S2. The van der Waals surface area contributed by atoms with E-state index >= 15 is 0 Å². The summed E-state index contributed by atoms with van der Waals surface area (Å²) < 4.78 is 24.0. The molecule has 0 heterocycles. The van der Waals surface area contributed by atoms with Gasteiger partial charge in [-0.05, 0) is 36.5 Å². The third-order valence-electron chi connectivity index (χ3n) is 4.47. The zero-order valence-corrected chi connectivity index (χ0v) is 18.0. The summed E-state index contributed by atoms with van der Waals surface area (Å²) in [5.74, 6) is 2.54. The van der Waals surface area contributed by atoms with Crippen LogP contribution in [-0.4, -0.2) is 44.7 Å². The van der Waals surface area contributed by atoms with Gasteiger partial charge >= 0.3 is 0 Å². The summed E-state index contributed by atoms with van der Waals surface area (Å²) in [4.78, 5) is 21.2. The molecule has 25 heavy (non-hydrogen) atoms. The largest absolute Gasteiger partial charge is 0.616 e. The molecule has 0 aliphatic rings. The predicted molar refractivity (Wildman–Crippen MR) is 108 cm³/mol. The van der Waals surface area contributed by atoms with E-state index in [1.165, 1.54) is 0 Å². The fourth-order valence-electron chi connectivity index (χ4n) is 2.66. The molecule has 0 aromatic heterocycles. The van der Waals surface area contributed by atoms with Crippen molar-refractivity contribution in [2.45, 2.75) is 72.6 Å². The second kappa shape index (κ2) is 13.2. The molecule has 2 atom stereocenters. The number of rotatable bonds is 16. The molecule has 0 saturated heterocycles. The average Bonchev–Trinajstić information content (AvgIpc) is 2.46. The standard InChI is InChI=1S/C19H36O4S2/c1-18(2,10-12-20)8-5-14-24(22)16-7-17-25(23)15-6-9-19(3,4)11-13-21/h12-13H,5-11,14-17H2,1-4H3. The highest BCUT2D eigenvalue weighted by atomic mass is 32.2. The van der Waals surface area contributed by atoms with E-state index in [-0.39, 0.29) is 10.8 Å². The topological polar surface area (TPSA) is 80.3 Å². The van der Waals surface area contributed by atoms with Crippen molar-refractivity contribution < 1.29 is 18.7 Å². The Morgan fingerprint density at radius 3 is 1.32 bits per heavy atom. The summed E-state index contributed by atoms with van der Waals surface area (Å²) in [6.45, 7) is 8.24. The van der Waals surface area contributed by atoms with Crippen LogP contribution in [0.2, 0.25) is 0 Å². The molecule has 0 saturated carbocycles. The van der Waals surface area contributed by atoms with E-state index in [0.29, 0.717) is 35.9 Å². The predicted octanol–water partition coefficient (Wildman–Crippen LogP) is 3.66. The first kappa shape index (κ1) is 25.0. The van der Waals surface area contributed by atoms with E-state index in [1.807, 2.05) is 0 Å². The van der Waals surface area contributed by atoms with Gasteiger partial charge in [-0.3, -0.25) is 0 Å². The van der Waals surface area contributed by atoms with Crippen molar-refractivity contribution >= 4 is 34.9 Å². The Balaban J connectivity index is 3.74. The quantitative estimate of drug-likeness (QED) is 0.296. The minimum atomic E-state index is -0.859. The lowest BCUT2D eigenvalue weighted by molar-refractivity contribution is -0.110. The Kier molecular flexibility index (Phi) is 13.2. The van der Waals surface area contributed by atoms with Gasteiger partial charge in [0.15, 0.2) is 0 Å². The van der Waals surface area contributed by atoms with Crippen molar-refractivity contribution in [2.75, 3.05) is 23.0 Å². The maximum Gasteiger partial charge on any atom is 0.120 e. The van der Waals surface area contributed by atoms with Gasteiger partial charge in [-0.2, -0.15) is 0 Å². The highest BCUT2D eigenvalue weighted by Gasteiger charge is 2.20. The van der Waals surface area contributed by atoms with Gasteiger partial charge in [0, 0.05) is 19.3 Å². The number of hydrogen-bond donors (Lipinski definition) is 0. The molecule has 0 rings (SSSR count). The number of aldehydes is 2. The van der Waals surface area contributed by atoms with E-state index in [9.17, 15) is 18.7 Å². The molecule has 148 valence electrons. The Labute approximate surface area is 160 Å². The van der Waals surface area contributed by atoms with Gasteiger partial charge in [0.25, 0.3) is 0 Å². The summed E-state index contributed by atoms with van der Waals surface area (Å²) in [6.07, 6.45) is 7.25. The van der Waals surface area contributed by atoms with E-state index < -0.39 is 22.4 Å². The third kappa shape index (κ3) is 14.8. The first-order valence-electron chi connectivity index (χ1n) is 9.19. The normalized spacial score (nSPS) is 15.0. The highest BCUT2D eigenvalue weighted by Crippen LogP contribution is 2.26. The van der Waals surface area contributed by atoms with Crippen LogP contribution in [0.3, 0.4) is 0 Å². The van der Waals surface area contributed by atoms with Crippen LogP contribution in [0.5, 0.6) is 0 Å². The van der Waals surface area contributed by atoms with Gasteiger partial charge in [0.05, 0.1) is 0 Å². The second-order valence-corrected chi connectivity index (χ2v) is 11.7. The van der Waals surface area contributed by atoms with Crippen LogP contribution in [-0.2, 0) is 31.9 Å². The number of carbonyl (C=O) groups is 2. The minimum absolute atomic E-state index is 0.00886. The van der Waals surface area contributed by atoms with Crippen molar-refractivity contribution in [1.82, 2.24) is 0 Å². The molecule has 2 unspecified atom stereocenters. The second-order valence-electron chi connectivity index (χ2n) is 8.33. The zero-order chi connectivity index (χ0) is 19.3. The maximum atomic E-state index is 12.0. The van der Waals surface area contributed by atoms with Crippen molar-refractivity contribution in [3.8, 4) is 0 Å². The lowest BCUT2D eigenvalue weighted by atomic mass is 9.85. The summed E-state index contributed by atoms with van der Waals surface area (Å²) in [6, 6.07) is 0. The van der Waals surface area contributed by atoms with Crippen molar-refractivity contribution in [3.63, 3.8) is 0 Å². The van der Waals surface area contributed by atoms with Gasteiger partial charge < -0.3 is 18.7 Å². The summed E-state index contributed by atoms with van der Waals surface area (Å²) in [5, 5.41) is 0. The monoisotopic (exact) mass is 392 g/mol. The van der Waals surface area contributed by atoms with Crippen LogP contribution in [0.1, 0.15) is 72.6 Å². The minimum Gasteiger partial charge on any atom is -0.616 e. The van der Waals surface area contributed by atoms with Gasteiger partial charge in [-0.1, -0.05) is 50.0 Å². The molecule has 0 aliphatic heterocycles. The number of carbonyl (C=O) groups excluding carboxylic acids is 2. The zero-order valence-electron chi connectivity index (χ0n) is 16.4. The fourth-order valence-corrected chi connectivity index (χ4v) is 5.12. The van der Waals surface area contributed by atoms with E-state index in [0.717, 1.165) is 44.7 Å². The van der Waals surface area contributed by atoms with Gasteiger partial charge in [-0.25, -0.2) is 0 Å². The molecule has 0 bridgehead atoms. The van der Waals surface area contributed by atoms with Crippen molar-refractivity contribution in [2.24, 2.45) is 10.8 Å². The molecule has 0 aromatic rings. The van der Waals surface area contributed by atoms with E-state index in [2.05, 4.69) is 27.7 Å². The van der Waals surface area contributed by atoms with Gasteiger partial charge in [-0.15, -0.1) is 0 Å². The molecule has 0 aliphatic carbocycles. The fraction of sp³-hybridized carbons (Fsp3) is 0.895. The molecule has 6 heteroatoms. The van der Waals surface area contributed by atoms with Crippen LogP contribution in [0.25, 0.3) is 0 Å². The molecule has 4 nitrogen and oxygen atoms in total. The smallest absolute Gasteiger partial charge is 0.120 e. The first-order valence-corrected chi connectivity index (χ1v) is 12.2. The SMILES string of the molecule is CC(C)(CC=O)CCC[S+]([O-])CCC[S+]([O-])CCCC(C)(C)CC=O. The summed E-state index contributed by atoms with van der Waals surface area (Å²) >= 11 is -1.72. The Bertz CT molecular complexity index is 338. The lowest BCUT2D eigenvalue weighted by Crippen LogP contribution is -2.20. The Morgan fingerprint density at radius 1 is 0.680 bits per heavy atom. The Hall–Kier alpha value is -0.0400.